The number of halogens is 3. The van der Waals surface area contributed by atoms with Crippen LogP contribution >= 0.6 is 0 Å². The minimum atomic E-state index is -0.958. The zero-order valence-corrected chi connectivity index (χ0v) is 19.8. The molecule has 0 saturated carbocycles. The molecule has 1 N–H and O–H groups in total. The van der Waals surface area contributed by atoms with Crippen molar-refractivity contribution in [2.24, 2.45) is 0 Å². The minimum Gasteiger partial charge on any atom is -0.497 e. The minimum absolute atomic E-state index is 0.283. The zero-order chi connectivity index (χ0) is 25.7. The standard InChI is InChI=1S/C27H26F3N3O3/c1-36-19-7-9-25-21(15-19)20(24(30)16-31-25)5-3-11-33-13-12-32(17-26(33)27(34)35)10-2-4-18-6-8-22(28)23(29)14-18/h6-9,14-16,26H,3,5,10-13,17H2,1H3,(H,34,35)/t26-/m1/s1. The summed E-state index contributed by atoms with van der Waals surface area (Å²) in [5, 5.41) is 10.5. The van der Waals surface area contributed by atoms with Crippen LogP contribution in [0.4, 0.5) is 13.2 Å². The molecular weight excluding hydrogens is 471 g/mol. The van der Waals surface area contributed by atoms with Crippen LogP contribution in [0.25, 0.3) is 10.9 Å². The Morgan fingerprint density at radius 2 is 1.97 bits per heavy atom. The van der Waals surface area contributed by atoms with Crippen molar-refractivity contribution < 1.29 is 27.8 Å². The van der Waals surface area contributed by atoms with E-state index in [1.807, 2.05) is 9.80 Å². The van der Waals surface area contributed by atoms with E-state index in [9.17, 15) is 23.1 Å². The summed E-state index contributed by atoms with van der Waals surface area (Å²) < 4.78 is 46.2. The van der Waals surface area contributed by atoms with Gasteiger partial charge >= 0.3 is 5.97 Å². The summed E-state index contributed by atoms with van der Waals surface area (Å²) in [4.78, 5) is 19.9. The highest BCUT2D eigenvalue weighted by molar-refractivity contribution is 5.83. The largest absolute Gasteiger partial charge is 0.497 e. The summed E-state index contributed by atoms with van der Waals surface area (Å²) in [6, 6.07) is 8.06. The molecule has 0 radical (unpaired) electrons. The van der Waals surface area contributed by atoms with E-state index < -0.39 is 29.5 Å². The van der Waals surface area contributed by atoms with Crippen LogP contribution in [0.15, 0.2) is 42.6 Å². The summed E-state index contributed by atoms with van der Waals surface area (Å²) in [5.41, 5.74) is 1.57. The third kappa shape index (κ3) is 5.96. The van der Waals surface area contributed by atoms with Gasteiger partial charge in [-0.25, -0.2) is 13.2 Å². The Kier molecular flexibility index (Phi) is 8.08. The molecule has 0 bridgehead atoms. The molecule has 2 heterocycles. The maximum atomic E-state index is 14.6. The van der Waals surface area contributed by atoms with Crippen molar-refractivity contribution in [1.29, 1.82) is 0 Å². The van der Waals surface area contributed by atoms with Crippen molar-refractivity contribution in [2.75, 3.05) is 39.8 Å². The topological polar surface area (TPSA) is 65.9 Å². The van der Waals surface area contributed by atoms with Crippen LogP contribution in [-0.4, -0.2) is 71.7 Å². The lowest BCUT2D eigenvalue weighted by molar-refractivity contribution is -0.145. The number of nitrogens with zero attached hydrogens (tertiary/aromatic N) is 3. The van der Waals surface area contributed by atoms with Gasteiger partial charge in [-0.15, -0.1) is 0 Å². The van der Waals surface area contributed by atoms with Gasteiger partial charge in [-0.05, 0) is 61.3 Å². The van der Waals surface area contributed by atoms with Gasteiger partial charge in [0, 0.05) is 30.6 Å². The molecule has 1 atom stereocenters. The number of methoxy groups -OCH3 is 1. The van der Waals surface area contributed by atoms with E-state index in [1.165, 1.54) is 12.3 Å². The Balaban J connectivity index is 1.36. The second-order valence-electron chi connectivity index (χ2n) is 8.63. The molecular formula is C27H26F3N3O3. The molecule has 36 heavy (non-hydrogen) atoms. The zero-order valence-electron chi connectivity index (χ0n) is 19.8. The highest BCUT2D eigenvalue weighted by Gasteiger charge is 2.31. The Morgan fingerprint density at radius 1 is 1.14 bits per heavy atom. The molecule has 3 aromatic rings. The van der Waals surface area contributed by atoms with Crippen LogP contribution in [0.2, 0.25) is 0 Å². The van der Waals surface area contributed by atoms with Gasteiger partial charge in [0.2, 0.25) is 0 Å². The number of fused-ring (bicyclic) bond motifs is 1. The SMILES string of the molecule is COc1ccc2ncc(F)c(CCCN3CCN(CC#Cc4ccc(F)c(F)c4)C[C@@H]3C(=O)O)c2c1. The van der Waals surface area contributed by atoms with Gasteiger partial charge in [0.25, 0.3) is 0 Å². The molecule has 0 spiro atoms. The number of hydrogen-bond donors (Lipinski definition) is 1. The number of carboxylic acid groups (broad SMARTS) is 1. The lowest BCUT2D eigenvalue weighted by Gasteiger charge is -2.38. The lowest BCUT2D eigenvalue weighted by Crippen LogP contribution is -2.56. The molecule has 0 amide bonds. The van der Waals surface area contributed by atoms with Crippen molar-refractivity contribution in [3.8, 4) is 17.6 Å². The number of carboxylic acids is 1. The normalized spacial score (nSPS) is 16.5. The van der Waals surface area contributed by atoms with Gasteiger partial charge in [-0.1, -0.05) is 11.8 Å². The summed E-state index contributed by atoms with van der Waals surface area (Å²) in [5.74, 6) is 3.10. The summed E-state index contributed by atoms with van der Waals surface area (Å²) in [7, 11) is 1.55. The Morgan fingerprint density at radius 3 is 2.72 bits per heavy atom. The Bertz CT molecular complexity index is 1320. The van der Waals surface area contributed by atoms with Gasteiger partial charge in [-0.3, -0.25) is 19.6 Å². The fraction of sp³-hybridized carbons (Fsp3) is 0.333. The molecule has 1 fully saturated rings. The van der Waals surface area contributed by atoms with Gasteiger partial charge in [-0.2, -0.15) is 0 Å². The first kappa shape index (κ1) is 25.5. The van der Waals surface area contributed by atoms with E-state index in [0.29, 0.717) is 66.8 Å². The molecule has 6 nitrogen and oxygen atoms in total. The number of aromatic nitrogens is 1. The van der Waals surface area contributed by atoms with Crippen LogP contribution in [0.1, 0.15) is 17.5 Å². The number of pyridine rings is 1. The molecule has 4 rings (SSSR count). The number of carbonyl (C=O) groups is 1. The molecule has 1 saturated heterocycles. The average Bonchev–Trinajstić information content (AvgIpc) is 2.87. The third-order valence-corrected chi connectivity index (χ3v) is 6.32. The van der Waals surface area contributed by atoms with E-state index in [4.69, 9.17) is 4.74 Å². The second kappa shape index (κ2) is 11.4. The van der Waals surface area contributed by atoms with Gasteiger partial charge in [0.15, 0.2) is 11.6 Å². The maximum Gasteiger partial charge on any atom is 0.322 e. The fourth-order valence-electron chi connectivity index (χ4n) is 4.39. The quantitative estimate of drug-likeness (QED) is 0.502. The number of piperazine rings is 1. The molecule has 188 valence electrons. The number of rotatable bonds is 7. The van der Waals surface area contributed by atoms with Crippen LogP contribution in [-0.2, 0) is 11.2 Å². The van der Waals surface area contributed by atoms with Crippen LogP contribution in [0.5, 0.6) is 5.75 Å². The van der Waals surface area contributed by atoms with E-state index in [1.54, 1.807) is 25.3 Å². The van der Waals surface area contributed by atoms with E-state index in [-0.39, 0.29) is 6.54 Å². The molecule has 2 aromatic carbocycles. The molecule has 9 heteroatoms. The number of benzene rings is 2. The first-order valence-electron chi connectivity index (χ1n) is 11.6. The first-order valence-corrected chi connectivity index (χ1v) is 11.6. The van der Waals surface area contributed by atoms with Crippen molar-refractivity contribution >= 4 is 16.9 Å². The van der Waals surface area contributed by atoms with Crippen molar-refractivity contribution in [3.05, 3.63) is 71.2 Å². The number of aryl methyl sites for hydroxylation is 1. The number of ether oxygens (including phenoxy) is 1. The van der Waals surface area contributed by atoms with Crippen molar-refractivity contribution in [1.82, 2.24) is 14.8 Å². The van der Waals surface area contributed by atoms with E-state index in [2.05, 4.69) is 16.8 Å². The van der Waals surface area contributed by atoms with Crippen molar-refractivity contribution in [3.63, 3.8) is 0 Å². The maximum absolute atomic E-state index is 14.6. The fourth-order valence-corrected chi connectivity index (χ4v) is 4.39. The molecule has 0 aliphatic carbocycles. The predicted octanol–water partition coefficient (Wildman–Crippen LogP) is 3.72. The monoisotopic (exact) mass is 497 g/mol. The molecule has 1 aliphatic rings. The molecule has 1 aliphatic heterocycles. The Hall–Kier alpha value is -3.61. The average molecular weight is 498 g/mol. The van der Waals surface area contributed by atoms with E-state index >= 15 is 0 Å². The summed E-state index contributed by atoms with van der Waals surface area (Å²) in [6.45, 7) is 2.23. The van der Waals surface area contributed by atoms with Gasteiger partial charge in [0.1, 0.15) is 17.6 Å². The lowest BCUT2D eigenvalue weighted by atomic mass is 10.0. The van der Waals surface area contributed by atoms with E-state index in [0.717, 1.165) is 12.1 Å². The van der Waals surface area contributed by atoms with Crippen LogP contribution in [0, 0.1) is 29.3 Å². The van der Waals surface area contributed by atoms with Gasteiger partial charge in [0.05, 0.1) is 25.4 Å². The Labute approximate surface area is 207 Å². The first-order chi connectivity index (χ1) is 17.4. The second-order valence-corrected chi connectivity index (χ2v) is 8.63. The summed E-state index contributed by atoms with van der Waals surface area (Å²) >= 11 is 0. The molecule has 1 aromatic heterocycles. The third-order valence-electron chi connectivity index (χ3n) is 6.32. The van der Waals surface area contributed by atoms with Crippen LogP contribution in [0.3, 0.4) is 0 Å². The highest BCUT2D eigenvalue weighted by Crippen LogP contribution is 2.26. The van der Waals surface area contributed by atoms with Gasteiger partial charge < -0.3 is 9.84 Å². The highest BCUT2D eigenvalue weighted by atomic mass is 19.2. The predicted molar refractivity (Wildman–Crippen MR) is 129 cm³/mol. The smallest absolute Gasteiger partial charge is 0.322 e. The number of aliphatic carboxylic acids is 1. The van der Waals surface area contributed by atoms with Crippen molar-refractivity contribution in [2.45, 2.75) is 18.9 Å². The number of hydrogen-bond acceptors (Lipinski definition) is 5. The molecule has 0 unspecified atom stereocenters. The summed E-state index contributed by atoms with van der Waals surface area (Å²) in [6.07, 6.45) is 2.22. The van der Waals surface area contributed by atoms with Crippen LogP contribution < -0.4 is 4.74 Å².